The van der Waals surface area contributed by atoms with Crippen molar-refractivity contribution in [2.75, 3.05) is 38.5 Å². The molecule has 3 aliphatic rings. The van der Waals surface area contributed by atoms with E-state index in [1.807, 2.05) is 0 Å². The van der Waals surface area contributed by atoms with Gasteiger partial charge in [-0.3, -0.25) is 5.32 Å². The first-order chi connectivity index (χ1) is 13.4. The highest BCUT2D eigenvalue weighted by Crippen LogP contribution is 2.42. The quantitative estimate of drug-likeness (QED) is 0.774. The van der Waals surface area contributed by atoms with E-state index in [-0.39, 0.29) is 12.1 Å². The third-order valence-corrected chi connectivity index (χ3v) is 8.93. The van der Waals surface area contributed by atoms with E-state index in [2.05, 4.69) is 15.5 Å². The molecule has 1 N–H and O–H groups in total. The summed E-state index contributed by atoms with van der Waals surface area (Å²) in [6.07, 6.45) is 7.53. The molecule has 0 spiro atoms. The Bertz CT molecular complexity index is 796. The van der Waals surface area contributed by atoms with Gasteiger partial charge in [-0.2, -0.15) is 17.0 Å². The van der Waals surface area contributed by atoms with E-state index >= 15 is 0 Å². The summed E-state index contributed by atoms with van der Waals surface area (Å²) in [6.45, 7) is 1.38. The van der Waals surface area contributed by atoms with E-state index in [9.17, 15) is 13.2 Å². The minimum absolute atomic E-state index is 0.0955. The summed E-state index contributed by atoms with van der Waals surface area (Å²) in [6, 6.07) is -0.144. The molecule has 1 aromatic heterocycles. The molecule has 3 fully saturated rings. The van der Waals surface area contributed by atoms with Crippen LogP contribution >= 0.6 is 11.3 Å². The van der Waals surface area contributed by atoms with Crippen LogP contribution in [0.15, 0.2) is 0 Å². The zero-order chi connectivity index (χ0) is 19.7. The van der Waals surface area contributed by atoms with Gasteiger partial charge in [-0.15, -0.1) is 10.2 Å². The molecule has 0 aromatic carbocycles. The van der Waals surface area contributed by atoms with Crippen molar-refractivity contribution >= 4 is 32.7 Å². The maximum Gasteiger partial charge on any atom is 0.323 e. The van der Waals surface area contributed by atoms with Gasteiger partial charge in [0.15, 0.2) is 0 Å². The van der Waals surface area contributed by atoms with Crippen LogP contribution in [0.3, 0.4) is 0 Å². The molecule has 1 aromatic rings. The largest absolute Gasteiger partial charge is 0.323 e. The van der Waals surface area contributed by atoms with E-state index in [1.54, 1.807) is 16.3 Å². The molecule has 0 radical (unpaired) electrons. The number of piperazine rings is 1. The molecule has 4 rings (SSSR count). The monoisotopic (exact) mass is 428 g/mol. The van der Waals surface area contributed by atoms with Crippen molar-refractivity contribution in [3.05, 3.63) is 5.01 Å². The summed E-state index contributed by atoms with van der Waals surface area (Å²) >= 11 is 1.43. The number of aromatic nitrogens is 2. The number of nitrogens with zero attached hydrogens (tertiary/aromatic N) is 5. The van der Waals surface area contributed by atoms with Crippen molar-refractivity contribution in [2.45, 2.75) is 56.9 Å². The van der Waals surface area contributed by atoms with Crippen LogP contribution in [0.2, 0.25) is 0 Å². The van der Waals surface area contributed by atoms with E-state index in [0.29, 0.717) is 37.2 Å². The van der Waals surface area contributed by atoms with Crippen LogP contribution in [-0.2, 0) is 10.2 Å². The highest BCUT2D eigenvalue weighted by Gasteiger charge is 2.35. The second-order valence-corrected chi connectivity index (χ2v) is 10.8. The number of carbonyl (C=O) groups excluding carboxylic acids is 1. The summed E-state index contributed by atoms with van der Waals surface area (Å²) in [5, 5.41) is 12.5. The van der Waals surface area contributed by atoms with Gasteiger partial charge >= 0.3 is 6.03 Å². The van der Waals surface area contributed by atoms with Gasteiger partial charge in [-0.25, -0.2) is 4.79 Å². The van der Waals surface area contributed by atoms with Crippen molar-refractivity contribution in [2.24, 2.45) is 0 Å². The number of hydrogen-bond donors (Lipinski definition) is 1. The highest BCUT2D eigenvalue weighted by atomic mass is 32.2. The minimum atomic E-state index is -3.48. The minimum Gasteiger partial charge on any atom is -0.322 e. The van der Waals surface area contributed by atoms with Crippen LogP contribution in [0, 0.1) is 0 Å². The topological polar surface area (TPSA) is 98.7 Å². The molecular weight excluding hydrogens is 400 g/mol. The first kappa shape index (κ1) is 20.0. The van der Waals surface area contributed by atoms with Gasteiger partial charge < -0.3 is 4.90 Å². The van der Waals surface area contributed by atoms with Gasteiger partial charge in [0.25, 0.3) is 10.2 Å². The van der Waals surface area contributed by atoms with Crippen molar-refractivity contribution < 1.29 is 13.2 Å². The summed E-state index contributed by atoms with van der Waals surface area (Å²) < 4.78 is 28.9. The van der Waals surface area contributed by atoms with E-state index in [0.717, 1.165) is 43.5 Å². The average Bonchev–Trinajstić information content (AvgIpc) is 3.47. The molecule has 0 unspecified atom stereocenters. The fourth-order valence-corrected chi connectivity index (χ4v) is 6.37. The zero-order valence-corrected chi connectivity index (χ0v) is 17.8. The van der Waals surface area contributed by atoms with Crippen molar-refractivity contribution in [1.29, 1.82) is 0 Å². The third-order valence-electron chi connectivity index (χ3n) is 5.89. The number of hydrogen-bond acceptors (Lipinski definition) is 6. The second-order valence-electron chi connectivity index (χ2n) is 7.85. The predicted octanol–water partition coefficient (Wildman–Crippen LogP) is 2.07. The zero-order valence-electron chi connectivity index (χ0n) is 16.2. The predicted molar refractivity (Wildman–Crippen MR) is 108 cm³/mol. The Morgan fingerprint density at radius 2 is 1.75 bits per heavy atom. The highest BCUT2D eigenvalue weighted by molar-refractivity contribution is 7.86. The molecule has 2 heterocycles. The fraction of sp³-hybridized carbons (Fsp3) is 0.824. The van der Waals surface area contributed by atoms with Crippen molar-refractivity contribution in [1.82, 2.24) is 23.7 Å². The van der Waals surface area contributed by atoms with Crippen LogP contribution in [0.1, 0.15) is 55.9 Å². The first-order valence-corrected chi connectivity index (χ1v) is 12.3. The van der Waals surface area contributed by atoms with E-state index in [4.69, 9.17) is 0 Å². The number of urea groups is 1. The molecule has 2 aliphatic carbocycles. The third kappa shape index (κ3) is 4.32. The maximum atomic E-state index is 12.9. The smallest absolute Gasteiger partial charge is 0.322 e. The lowest BCUT2D eigenvalue weighted by molar-refractivity contribution is 0.178. The molecule has 2 amide bonds. The Hall–Kier alpha value is -1.30. The van der Waals surface area contributed by atoms with Crippen molar-refractivity contribution in [3.63, 3.8) is 0 Å². The standard InChI is InChI=1S/C17H28N6O3S2/c1-21(14-5-3-2-4-6-14)28(25,26)23-11-9-22(10-12-23)17(24)18-16-20-19-15(27-16)13-7-8-13/h13-14H,2-12H2,1H3,(H,18,20,24). The Kier molecular flexibility index (Phi) is 5.86. The number of anilines is 1. The lowest BCUT2D eigenvalue weighted by atomic mass is 9.96. The Labute approximate surface area is 170 Å². The summed E-state index contributed by atoms with van der Waals surface area (Å²) in [7, 11) is -1.79. The van der Waals surface area contributed by atoms with Gasteiger partial charge in [0.05, 0.1) is 0 Å². The molecule has 0 atom stereocenters. The Morgan fingerprint density at radius 1 is 1.07 bits per heavy atom. The summed E-state index contributed by atoms with van der Waals surface area (Å²) in [4.78, 5) is 14.1. The van der Waals surface area contributed by atoms with Gasteiger partial charge in [0, 0.05) is 45.2 Å². The second kappa shape index (κ2) is 8.21. The lowest BCUT2D eigenvalue weighted by Crippen LogP contribution is -2.55. The molecule has 156 valence electrons. The van der Waals surface area contributed by atoms with Gasteiger partial charge in [0.1, 0.15) is 5.01 Å². The Morgan fingerprint density at radius 3 is 2.39 bits per heavy atom. The maximum absolute atomic E-state index is 12.9. The van der Waals surface area contributed by atoms with Crippen molar-refractivity contribution in [3.8, 4) is 0 Å². The number of carbonyl (C=O) groups is 1. The van der Waals surface area contributed by atoms with Crippen LogP contribution in [0.4, 0.5) is 9.93 Å². The van der Waals surface area contributed by atoms with Crippen LogP contribution in [-0.4, -0.2) is 77.4 Å². The normalized spacial score (nSPS) is 22.6. The fourth-order valence-electron chi connectivity index (χ4n) is 3.89. The van der Waals surface area contributed by atoms with Crippen LogP contribution in [0.5, 0.6) is 0 Å². The molecule has 0 bridgehead atoms. The van der Waals surface area contributed by atoms with Gasteiger partial charge in [-0.05, 0) is 25.7 Å². The molecule has 9 nitrogen and oxygen atoms in total. The molecule has 11 heteroatoms. The SMILES string of the molecule is CN(C1CCCCC1)S(=O)(=O)N1CCN(C(=O)Nc2nnc(C3CC3)s2)CC1. The number of amides is 2. The molecule has 28 heavy (non-hydrogen) atoms. The Balaban J connectivity index is 1.29. The van der Waals surface area contributed by atoms with Gasteiger partial charge in [-0.1, -0.05) is 30.6 Å². The summed E-state index contributed by atoms with van der Waals surface area (Å²) in [5.41, 5.74) is 0. The molecular formula is C17H28N6O3S2. The number of nitrogens with one attached hydrogen (secondary N) is 1. The van der Waals surface area contributed by atoms with E-state index < -0.39 is 10.2 Å². The lowest BCUT2D eigenvalue weighted by Gasteiger charge is -2.38. The molecule has 2 saturated carbocycles. The summed E-state index contributed by atoms with van der Waals surface area (Å²) in [5.74, 6) is 0.512. The van der Waals surface area contributed by atoms with E-state index in [1.165, 1.54) is 22.1 Å². The van der Waals surface area contributed by atoms with Gasteiger partial charge in [0.2, 0.25) is 5.13 Å². The molecule has 1 aliphatic heterocycles. The number of rotatable bonds is 5. The first-order valence-electron chi connectivity index (χ1n) is 10.1. The van der Waals surface area contributed by atoms with Crippen LogP contribution in [0.25, 0.3) is 0 Å². The van der Waals surface area contributed by atoms with Crippen LogP contribution < -0.4 is 5.32 Å². The molecule has 1 saturated heterocycles. The average molecular weight is 429 g/mol.